The molecule has 1 aromatic heterocycles. The topological polar surface area (TPSA) is 96.1 Å². The van der Waals surface area contributed by atoms with Crippen LogP contribution in [0.15, 0.2) is 30.3 Å². The summed E-state index contributed by atoms with van der Waals surface area (Å²) >= 11 is 6.09. The second-order valence-electron chi connectivity index (χ2n) is 4.96. The normalized spacial score (nSPS) is 11.0. The number of hydrogen-bond acceptors (Lipinski definition) is 4. The highest BCUT2D eigenvalue weighted by Gasteiger charge is 2.17. The summed E-state index contributed by atoms with van der Waals surface area (Å²) in [5, 5.41) is 0.775. The monoisotopic (exact) mass is 345 g/mol. The highest BCUT2D eigenvalue weighted by Crippen LogP contribution is 2.17. The molecule has 0 saturated carbocycles. The predicted molar refractivity (Wildman–Crippen MR) is 71.9 cm³/mol. The van der Waals surface area contributed by atoms with Crippen LogP contribution in [-0.2, 0) is 0 Å². The molecule has 0 radical (unpaired) electrons. The first-order valence-corrected chi connectivity index (χ1v) is 7.98. The molecule has 0 N–H and O–H groups in total. The van der Waals surface area contributed by atoms with Crippen molar-refractivity contribution in [3.63, 3.8) is 0 Å². The van der Waals surface area contributed by atoms with Gasteiger partial charge >= 0.3 is 0 Å². The average Bonchev–Trinajstić information content (AvgIpc) is 2.30. The van der Waals surface area contributed by atoms with Crippen molar-refractivity contribution in [1.29, 1.82) is 0 Å². The lowest BCUT2D eigenvalue weighted by molar-refractivity contribution is -2.00. The standard InChI is InChI=1S/C15H17ClN.ClHO4/c1-10-7-12(3)17(13(4)8-10)15-9-14(16)6-5-11(15)2;2-1(3,4)5/h5-9H,1-4H3;(H,2,3,4,5)/q+1;/p-1. The van der Waals surface area contributed by atoms with Crippen LogP contribution >= 0.6 is 11.6 Å². The molecule has 0 aliphatic rings. The Bertz CT molecular complexity index is 640. The van der Waals surface area contributed by atoms with Crippen LogP contribution in [0.1, 0.15) is 22.5 Å². The molecule has 0 atom stereocenters. The molecular weight excluding hydrogens is 329 g/mol. The van der Waals surface area contributed by atoms with E-state index in [4.69, 9.17) is 30.2 Å². The number of aryl methyl sites for hydroxylation is 4. The van der Waals surface area contributed by atoms with Gasteiger partial charge in [-0.25, -0.2) is 18.6 Å². The first-order valence-electron chi connectivity index (χ1n) is 6.37. The fraction of sp³-hybridized carbons (Fsp3) is 0.267. The largest absolute Gasteiger partial charge is 0.222 e. The summed E-state index contributed by atoms with van der Waals surface area (Å²) in [5.41, 5.74) is 6.14. The van der Waals surface area contributed by atoms with Gasteiger partial charge in [-0.1, -0.05) is 17.7 Å². The van der Waals surface area contributed by atoms with Gasteiger partial charge in [0.2, 0.25) is 5.69 Å². The Hall–Kier alpha value is -1.21. The molecule has 0 saturated heterocycles. The molecule has 5 nitrogen and oxygen atoms in total. The van der Waals surface area contributed by atoms with Crippen LogP contribution in [0.4, 0.5) is 0 Å². The molecule has 0 bridgehead atoms. The Kier molecular flexibility index (Phi) is 6.31. The van der Waals surface area contributed by atoms with Crippen molar-refractivity contribution in [1.82, 2.24) is 0 Å². The van der Waals surface area contributed by atoms with Gasteiger partial charge in [-0.15, -0.1) is 10.2 Å². The zero-order valence-corrected chi connectivity index (χ0v) is 14.2. The molecule has 2 rings (SSSR count). The minimum absolute atomic E-state index is 0.775. The number of halogens is 2. The van der Waals surface area contributed by atoms with Crippen LogP contribution in [0.2, 0.25) is 5.02 Å². The van der Waals surface area contributed by atoms with Crippen LogP contribution in [0.3, 0.4) is 0 Å². The van der Waals surface area contributed by atoms with E-state index < -0.39 is 10.2 Å². The maximum atomic E-state index is 8.49. The number of hydrogen-bond donors (Lipinski definition) is 0. The quantitative estimate of drug-likeness (QED) is 0.625. The third-order valence-corrected chi connectivity index (χ3v) is 3.23. The molecule has 0 aliphatic carbocycles. The summed E-state index contributed by atoms with van der Waals surface area (Å²) in [6.07, 6.45) is 0. The summed E-state index contributed by atoms with van der Waals surface area (Å²) in [4.78, 5) is 0. The molecule has 0 unspecified atom stereocenters. The van der Waals surface area contributed by atoms with Gasteiger partial charge in [0, 0.05) is 42.6 Å². The molecule has 2 aromatic rings. The van der Waals surface area contributed by atoms with Gasteiger partial charge in [-0.3, -0.25) is 0 Å². The number of rotatable bonds is 1. The smallest absolute Gasteiger partial charge is 0.215 e. The van der Waals surface area contributed by atoms with Crippen LogP contribution in [0.5, 0.6) is 0 Å². The lowest BCUT2D eigenvalue weighted by Gasteiger charge is -2.17. The molecule has 0 spiro atoms. The van der Waals surface area contributed by atoms with Crippen molar-refractivity contribution in [2.75, 3.05) is 0 Å². The summed E-state index contributed by atoms with van der Waals surface area (Å²) < 4.78 is 36.2. The van der Waals surface area contributed by atoms with E-state index >= 15 is 0 Å². The van der Waals surface area contributed by atoms with Gasteiger partial charge in [0.15, 0.2) is 11.4 Å². The minimum atomic E-state index is -4.94. The van der Waals surface area contributed by atoms with Crippen molar-refractivity contribution in [2.45, 2.75) is 27.7 Å². The Morgan fingerprint density at radius 2 is 1.32 bits per heavy atom. The highest BCUT2D eigenvalue weighted by molar-refractivity contribution is 6.30. The summed E-state index contributed by atoms with van der Waals surface area (Å²) in [7, 11) is -4.94. The van der Waals surface area contributed by atoms with Crippen LogP contribution in [-0.4, -0.2) is 0 Å². The van der Waals surface area contributed by atoms with Crippen LogP contribution < -0.4 is 23.2 Å². The third-order valence-electron chi connectivity index (χ3n) is 2.99. The van der Waals surface area contributed by atoms with E-state index in [0.29, 0.717) is 0 Å². The van der Waals surface area contributed by atoms with Crippen molar-refractivity contribution >= 4 is 11.6 Å². The Morgan fingerprint density at radius 1 is 0.864 bits per heavy atom. The van der Waals surface area contributed by atoms with Gasteiger partial charge in [0.1, 0.15) is 0 Å². The molecule has 22 heavy (non-hydrogen) atoms. The lowest BCUT2D eigenvalue weighted by atomic mass is 10.1. The lowest BCUT2D eigenvalue weighted by Crippen LogP contribution is -2.68. The first kappa shape index (κ1) is 18.8. The zero-order valence-electron chi connectivity index (χ0n) is 12.7. The predicted octanol–water partition coefficient (Wildman–Crippen LogP) is -0.906. The van der Waals surface area contributed by atoms with E-state index in [2.05, 4.69) is 50.5 Å². The van der Waals surface area contributed by atoms with Gasteiger partial charge in [-0.2, -0.15) is 4.57 Å². The van der Waals surface area contributed by atoms with E-state index in [0.717, 1.165) is 10.7 Å². The molecular formula is C15H17Cl2NO4. The Balaban J connectivity index is 0.000000422. The SMILES string of the molecule is Cc1cc(C)[n+](-c2cc(Cl)ccc2C)c(C)c1.[O-][Cl+3]([O-])([O-])[O-]. The first-order chi connectivity index (χ1) is 9.99. The van der Waals surface area contributed by atoms with Crippen LogP contribution in [0, 0.1) is 37.9 Å². The van der Waals surface area contributed by atoms with Crippen LogP contribution in [0.25, 0.3) is 5.69 Å². The minimum Gasteiger partial charge on any atom is -0.222 e. The number of pyridine rings is 1. The summed E-state index contributed by atoms with van der Waals surface area (Å²) in [5.74, 6) is 0. The fourth-order valence-corrected chi connectivity index (χ4v) is 2.48. The van der Waals surface area contributed by atoms with Crippen molar-refractivity contribution in [2.24, 2.45) is 0 Å². The second-order valence-corrected chi connectivity index (χ2v) is 6.15. The molecule has 0 aliphatic heterocycles. The maximum absolute atomic E-state index is 8.49. The van der Waals surface area contributed by atoms with Gasteiger partial charge in [0.25, 0.3) is 0 Å². The average molecular weight is 346 g/mol. The van der Waals surface area contributed by atoms with E-state index in [-0.39, 0.29) is 0 Å². The van der Waals surface area contributed by atoms with Gasteiger partial charge in [0.05, 0.1) is 0 Å². The third kappa shape index (κ3) is 5.88. The number of nitrogens with zero attached hydrogens (tertiary/aromatic N) is 1. The van der Waals surface area contributed by atoms with Crippen molar-refractivity contribution in [3.05, 3.63) is 57.9 Å². The highest BCUT2D eigenvalue weighted by atomic mass is 35.7. The van der Waals surface area contributed by atoms with Crippen molar-refractivity contribution < 1.29 is 33.4 Å². The molecule has 1 heterocycles. The molecule has 0 amide bonds. The molecule has 0 fully saturated rings. The Morgan fingerprint density at radius 3 is 1.77 bits per heavy atom. The fourth-order valence-electron chi connectivity index (χ4n) is 2.31. The zero-order chi connectivity index (χ0) is 17.1. The molecule has 7 heteroatoms. The summed E-state index contributed by atoms with van der Waals surface area (Å²) in [6.45, 7) is 8.48. The van der Waals surface area contributed by atoms with Crippen molar-refractivity contribution in [3.8, 4) is 5.69 Å². The number of aromatic nitrogens is 1. The summed E-state index contributed by atoms with van der Waals surface area (Å²) in [6, 6.07) is 10.4. The second kappa shape index (κ2) is 7.37. The van der Waals surface area contributed by atoms with Gasteiger partial charge < -0.3 is 0 Å². The van der Waals surface area contributed by atoms with E-state index in [1.807, 2.05) is 12.1 Å². The van der Waals surface area contributed by atoms with E-state index in [9.17, 15) is 0 Å². The molecule has 120 valence electrons. The van der Waals surface area contributed by atoms with Gasteiger partial charge in [-0.05, 0) is 25.5 Å². The maximum Gasteiger partial charge on any atom is 0.215 e. The van der Waals surface area contributed by atoms with E-state index in [1.165, 1.54) is 22.5 Å². The Labute approximate surface area is 136 Å². The van der Waals surface area contributed by atoms with E-state index in [1.54, 1.807) is 0 Å². The molecule has 1 aromatic carbocycles. The number of benzene rings is 1.